The topological polar surface area (TPSA) is 40.6 Å². The molecule has 4 nitrogen and oxygen atoms in total. The molecule has 0 radical (unpaired) electrons. The molecule has 0 fully saturated rings. The normalized spacial score (nSPS) is 11.1. The number of hydrogen-bond donors (Lipinski definition) is 0. The zero-order valence-electron chi connectivity index (χ0n) is 14.3. The van der Waals surface area contributed by atoms with E-state index < -0.39 is 17.6 Å². The highest BCUT2D eigenvalue weighted by Gasteiger charge is 2.34. The van der Waals surface area contributed by atoms with Crippen molar-refractivity contribution in [1.29, 1.82) is 0 Å². The van der Waals surface area contributed by atoms with Gasteiger partial charge in [-0.1, -0.05) is 34.8 Å². The van der Waals surface area contributed by atoms with Crippen LogP contribution in [0.4, 0.5) is 13.2 Å². The van der Waals surface area contributed by atoms with Gasteiger partial charge in [-0.05, 0) is 30.3 Å². The molecule has 0 atom stereocenters. The lowest BCUT2D eigenvalue weighted by atomic mass is 10.2. The number of ether oxygens (including phenoxy) is 3. The number of nitrogens with zero attached hydrogens (tertiary/aromatic N) is 1. The molecule has 10 heteroatoms. The molecule has 1 heterocycles. The maximum Gasteiger partial charge on any atom is 0.421 e. The van der Waals surface area contributed by atoms with E-state index in [9.17, 15) is 13.2 Å². The zero-order chi connectivity index (χ0) is 20.6. The average Bonchev–Trinajstić information content (AvgIpc) is 2.62. The van der Waals surface area contributed by atoms with Gasteiger partial charge in [-0.15, -0.1) is 0 Å². The van der Waals surface area contributed by atoms with Crippen molar-refractivity contribution in [2.75, 3.05) is 19.8 Å². The number of rotatable bonds is 9. The SMILES string of the molecule is FC(F)(F)c1cccnc1OCCCOc1ccc(OCC=C(Cl)Cl)cc1Cl. The Hall–Kier alpha value is -1.83. The van der Waals surface area contributed by atoms with Crippen LogP contribution < -0.4 is 14.2 Å². The third-order valence-electron chi connectivity index (χ3n) is 3.25. The Morgan fingerprint density at radius 2 is 1.82 bits per heavy atom. The van der Waals surface area contributed by atoms with Crippen LogP contribution in [0.3, 0.4) is 0 Å². The van der Waals surface area contributed by atoms with Crippen molar-refractivity contribution in [1.82, 2.24) is 4.98 Å². The van der Waals surface area contributed by atoms with Crippen LogP contribution in [-0.4, -0.2) is 24.8 Å². The van der Waals surface area contributed by atoms with Crippen LogP contribution in [0.1, 0.15) is 12.0 Å². The van der Waals surface area contributed by atoms with Gasteiger partial charge >= 0.3 is 6.18 Å². The minimum Gasteiger partial charge on any atom is -0.492 e. The van der Waals surface area contributed by atoms with Gasteiger partial charge in [0.15, 0.2) is 0 Å². The van der Waals surface area contributed by atoms with E-state index in [2.05, 4.69) is 4.98 Å². The van der Waals surface area contributed by atoms with Gasteiger partial charge in [0.05, 0.1) is 18.2 Å². The quantitative estimate of drug-likeness (QED) is 0.415. The summed E-state index contributed by atoms with van der Waals surface area (Å²) in [6.45, 7) is 0.382. The van der Waals surface area contributed by atoms with Crippen molar-refractivity contribution in [3.05, 3.63) is 57.7 Å². The second kappa shape index (κ2) is 10.6. The highest BCUT2D eigenvalue weighted by atomic mass is 35.5. The Kier molecular flexibility index (Phi) is 8.54. The predicted octanol–water partition coefficient (Wildman–Crippen LogP) is 6.30. The monoisotopic (exact) mass is 455 g/mol. The van der Waals surface area contributed by atoms with Gasteiger partial charge in [0, 0.05) is 18.7 Å². The molecule has 1 aromatic carbocycles. The first-order valence-electron chi connectivity index (χ1n) is 7.98. The minimum absolute atomic E-state index is 0.00439. The zero-order valence-corrected chi connectivity index (χ0v) is 16.6. The summed E-state index contributed by atoms with van der Waals surface area (Å²) in [7, 11) is 0. The Morgan fingerprint density at radius 3 is 2.50 bits per heavy atom. The second-order valence-corrected chi connectivity index (χ2v) is 6.72. The Morgan fingerprint density at radius 1 is 1.07 bits per heavy atom. The summed E-state index contributed by atoms with van der Waals surface area (Å²) < 4.78 is 54.7. The molecule has 0 saturated carbocycles. The third-order valence-corrected chi connectivity index (χ3v) is 3.86. The van der Waals surface area contributed by atoms with Crippen LogP contribution in [0.15, 0.2) is 47.1 Å². The minimum atomic E-state index is -4.53. The highest BCUT2D eigenvalue weighted by Crippen LogP contribution is 2.34. The molecule has 0 amide bonds. The lowest BCUT2D eigenvalue weighted by molar-refractivity contribution is -0.139. The predicted molar refractivity (Wildman–Crippen MR) is 102 cm³/mol. The van der Waals surface area contributed by atoms with E-state index in [0.717, 1.165) is 6.07 Å². The molecule has 0 aliphatic heterocycles. The first kappa shape index (κ1) is 22.5. The lowest BCUT2D eigenvalue weighted by Crippen LogP contribution is -2.12. The smallest absolute Gasteiger partial charge is 0.421 e. The number of pyridine rings is 1. The van der Waals surface area contributed by atoms with Gasteiger partial charge in [-0.25, -0.2) is 4.98 Å². The van der Waals surface area contributed by atoms with Gasteiger partial charge in [0.1, 0.15) is 28.2 Å². The Bertz CT molecular complexity index is 812. The fraction of sp³-hybridized carbons (Fsp3) is 0.278. The number of benzene rings is 1. The highest BCUT2D eigenvalue weighted by molar-refractivity contribution is 6.55. The molecule has 28 heavy (non-hydrogen) atoms. The first-order chi connectivity index (χ1) is 13.3. The van der Waals surface area contributed by atoms with Crippen molar-refractivity contribution in [3.8, 4) is 17.4 Å². The Labute approximate surface area is 174 Å². The maximum absolute atomic E-state index is 12.9. The molecule has 0 bridgehead atoms. The lowest BCUT2D eigenvalue weighted by Gasteiger charge is -2.13. The van der Waals surface area contributed by atoms with Crippen molar-refractivity contribution in [2.45, 2.75) is 12.6 Å². The molecule has 0 aliphatic rings. The van der Waals surface area contributed by atoms with Crippen LogP contribution in [0.2, 0.25) is 5.02 Å². The van der Waals surface area contributed by atoms with Gasteiger partial charge in [0.25, 0.3) is 0 Å². The fourth-order valence-corrected chi connectivity index (χ4v) is 2.37. The van der Waals surface area contributed by atoms with Crippen LogP contribution in [0, 0.1) is 0 Å². The van der Waals surface area contributed by atoms with E-state index in [1.54, 1.807) is 18.2 Å². The van der Waals surface area contributed by atoms with Crippen molar-refractivity contribution in [3.63, 3.8) is 0 Å². The Balaban J connectivity index is 1.79. The average molecular weight is 457 g/mol. The van der Waals surface area contributed by atoms with E-state index in [4.69, 9.17) is 49.0 Å². The molecule has 0 saturated heterocycles. The van der Waals surface area contributed by atoms with Gasteiger partial charge < -0.3 is 14.2 Å². The van der Waals surface area contributed by atoms with Crippen LogP contribution >= 0.6 is 34.8 Å². The van der Waals surface area contributed by atoms with E-state index in [-0.39, 0.29) is 24.3 Å². The molecule has 1 aromatic heterocycles. The molecular weight excluding hydrogens is 442 g/mol. The van der Waals surface area contributed by atoms with Crippen molar-refractivity contribution >= 4 is 34.8 Å². The molecule has 2 aromatic rings. The fourth-order valence-electron chi connectivity index (χ4n) is 2.02. The van der Waals surface area contributed by atoms with Crippen LogP contribution in [0.25, 0.3) is 0 Å². The van der Waals surface area contributed by atoms with Crippen molar-refractivity contribution < 1.29 is 27.4 Å². The largest absolute Gasteiger partial charge is 0.492 e. The summed E-state index contributed by atoms with van der Waals surface area (Å²) in [5.74, 6) is 0.454. The van der Waals surface area contributed by atoms with Crippen LogP contribution in [-0.2, 0) is 6.18 Å². The molecular formula is C18H15Cl3F3NO3. The summed E-state index contributed by atoms with van der Waals surface area (Å²) in [6.07, 6.45) is -1.47. The van der Waals surface area contributed by atoms with Gasteiger partial charge in [-0.2, -0.15) is 13.2 Å². The van der Waals surface area contributed by atoms with E-state index in [1.165, 1.54) is 18.3 Å². The summed E-state index contributed by atoms with van der Waals surface area (Å²) >= 11 is 17.1. The second-order valence-electron chi connectivity index (χ2n) is 5.30. The number of halogens is 6. The van der Waals surface area contributed by atoms with Gasteiger partial charge in [0.2, 0.25) is 5.88 Å². The molecule has 0 spiro atoms. The molecule has 2 rings (SSSR count). The molecule has 0 unspecified atom stereocenters. The van der Waals surface area contributed by atoms with Gasteiger partial charge in [-0.3, -0.25) is 0 Å². The number of hydrogen-bond acceptors (Lipinski definition) is 4. The first-order valence-corrected chi connectivity index (χ1v) is 9.12. The maximum atomic E-state index is 12.9. The molecule has 0 N–H and O–H groups in total. The summed E-state index contributed by atoms with van der Waals surface area (Å²) in [6, 6.07) is 6.95. The number of aromatic nitrogens is 1. The molecule has 0 aliphatic carbocycles. The van der Waals surface area contributed by atoms with Crippen LogP contribution in [0.5, 0.6) is 17.4 Å². The third kappa shape index (κ3) is 7.30. The van der Waals surface area contributed by atoms with E-state index >= 15 is 0 Å². The van der Waals surface area contributed by atoms with E-state index in [0.29, 0.717) is 22.9 Å². The number of alkyl halides is 3. The summed E-state index contributed by atoms with van der Waals surface area (Å²) in [5, 5.41) is 0.323. The standard InChI is InChI=1S/C18H15Cl3F3NO3/c19-14-11-12(26-10-6-16(20)21)4-5-15(14)27-8-2-9-28-17-13(18(22,23)24)3-1-7-25-17/h1,3-7,11H,2,8-10H2. The van der Waals surface area contributed by atoms with E-state index in [1.807, 2.05) is 0 Å². The summed E-state index contributed by atoms with van der Waals surface area (Å²) in [5.41, 5.74) is -0.917. The summed E-state index contributed by atoms with van der Waals surface area (Å²) in [4.78, 5) is 3.62. The van der Waals surface area contributed by atoms with Crippen molar-refractivity contribution in [2.24, 2.45) is 0 Å². The molecule has 152 valence electrons.